The van der Waals surface area contributed by atoms with Gasteiger partial charge in [-0.1, -0.05) is 20.8 Å². The molecule has 2 saturated carbocycles. The summed E-state index contributed by atoms with van der Waals surface area (Å²) in [6, 6.07) is 0. The second-order valence-electron chi connectivity index (χ2n) is 7.62. The predicted octanol–water partition coefficient (Wildman–Crippen LogP) is 0.725. The van der Waals surface area contributed by atoms with E-state index in [1.54, 1.807) is 4.90 Å². The smallest absolute Gasteiger partial charge is 0.237 e. The van der Waals surface area contributed by atoms with Crippen LogP contribution in [0, 0.1) is 16.2 Å². The molecule has 1 heterocycles. The number of ketones is 2. The Balaban J connectivity index is 1.99. The van der Waals surface area contributed by atoms with Crippen LogP contribution in [0.1, 0.15) is 33.6 Å². The van der Waals surface area contributed by atoms with Gasteiger partial charge >= 0.3 is 0 Å². The number of rotatable bonds is 1. The molecule has 0 aromatic carbocycles. The number of nitrogens with zero attached hydrogens (tertiary/aromatic N) is 2. The first kappa shape index (κ1) is 14.7. The molecule has 1 saturated heterocycles. The SMILES string of the molecule is CN1CCN(C(=O)[C@@]23CC[C@@](C)(C(=O)C2=O)C3(C)C)CC1. The molecule has 0 N–H and O–H groups in total. The fraction of sp³-hybridized carbons (Fsp3) is 0.812. The van der Waals surface area contributed by atoms with E-state index in [0.717, 1.165) is 13.1 Å². The third-order valence-corrected chi connectivity index (χ3v) is 6.70. The van der Waals surface area contributed by atoms with Gasteiger partial charge in [-0.15, -0.1) is 0 Å². The van der Waals surface area contributed by atoms with Gasteiger partial charge in [0.1, 0.15) is 5.41 Å². The van der Waals surface area contributed by atoms with Crippen LogP contribution in [-0.4, -0.2) is 60.5 Å². The molecule has 3 rings (SSSR count). The first-order chi connectivity index (χ1) is 9.68. The topological polar surface area (TPSA) is 57.7 Å². The fourth-order valence-electron chi connectivity index (χ4n) is 4.52. The predicted molar refractivity (Wildman–Crippen MR) is 77.6 cm³/mol. The van der Waals surface area contributed by atoms with Crippen LogP contribution in [0.25, 0.3) is 0 Å². The van der Waals surface area contributed by atoms with Crippen LogP contribution < -0.4 is 0 Å². The van der Waals surface area contributed by atoms with E-state index >= 15 is 0 Å². The highest BCUT2D eigenvalue weighted by atomic mass is 16.2. The molecule has 2 aliphatic carbocycles. The van der Waals surface area contributed by atoms with Crippen molar-refractivity contribution < 1.29 is 14.4 Å². The van der Waals surface area contributed by atoms with Gasteiger partial charge in [0.25, 0.3) is 0 Å². The van der Waals surface area contributed by atoms with Crippen molar-refractivity contribution in [2.45, 2.75) is 33.6 Å². The molecule has 21 heavy (non-hydrogen) atoms. The van der Waals surface area contributed by atoms with E-state index in [1.807, 2.05) is 27.8 Å². The molecule has 3 fully saturated rings. The molecule has 5 heteroatoms. The van der Waals surface area contributed by atoms with Crippen molar-refractivity contribution in [2.75, 3.05) is 33.2 Å². The van der Waals surface area contributed by atoms with Gasteiger partial charge < -0.3 is 9.80 Å². The zero-order valence-corrected chi connectivity index (χ0v) is 13.4. The lowest BCUT2D eigenvalue weighted by molar-refractivity contribution is -0.156. The van der Waals surface area contributed by atoms with Gasteiger partial charge in [-0.25, -0.2) is 0 Å². The van der Waals surface area contributed by atoms with Crippen LogP contribution in [0.3, 0.4) is 0 Å². The van der Waals surface area contributed by atoms with Gasteiger partial charge in [0.2, 0.25) is 17.5 Å². The first-order valence-corrected chi connectivity index (χ1v) is 7.76. The van der Waals surface area contributed by atoms with Gasteiger partial charge in [0.05, 0.1) is 0 Å². The molecule has 116 valence electrons. The van der Waals surface area contributed by atoms with Crippen molar-refractivity contribution >= 4 is 17.5 Å². The second kappa shape index (κ2) is 4.15. The molecular formula is C16H24N2O3. The molecule has 2 atom stereocenters. The largest absolute Gasteiger partial charge is 0.339 e. The highest BCUT2D eigenvalue weighted by molar-refractivity contribution is 6.48. The summed E-state index contributed by atoms with van der Waals surface area (Å²) in [7, 11) is 2.03. The zero-order valence-electron chi connectivity index (χ0n) is 13.4. The molecule has 0 unspecified atom stereocenters. The standard InChI is InChI=1S/C16H24N2O3/c1-14(2)15(3)5-6-16(14,12(20)11(15)19)13(21)18-9-7-17(4)8-10-18/h5-10H2,1-4H3/t15-,16+/m0/s1. The Morgan fingerprint density at radius 2 is 1.52 bits per heavy atom. The summed E-state index contributed by atoms with van der Waals surface area (Å²) in [5.74, 6) is -0.883. The molecule has 3 aliphatic rings. The summed E-state index contributed by atoms with van der Waals surface area (Å²) in [6.45, 7) is 8.65. The number of hydrogen-bond donors (Lipinski definition) is 0. The maximum Gasteiger partial charge on any atom is 0.237 e. The Kier molecular flexibility index (Phi) is 2.91. The van der Waals surface area contributed by atoms with Gasteiger partial charge in [0.15, 0.2) is 0 Å². The molecule has 0 aromatic heterocycles. The summed E-state index contributed by atoms with van der Waals surface area (Å²) in [5.41, 5.74) is -2.38. The lowest BCUT2D eigenvalue weighted by Gasteiger charge is -2.42. The lowest BCUT2D eigenvalue weighted by Crippen LogP contribution is -2.56. The number of carbonyl (C=O) groups is 3. The van der Waals surface area contributed by atoms with Gasteiger partial charge in [-0.05, 0) is 25.3 Å². The zero-order chi connectivity index (χ0) is 15.6. The number of amides is 1. The number of piperazine rings is 1. The van der Waals surface area contributed by atoms with Crippen molar-refractivity contribution in [1.82, 2.24) is 9.80 Å². The number of fused-ring (bicyclic) bond motifs is 2. The Morgan fingerprint density at radius 3 is 2.00 bits per heavy atom. The second-order valence-corrected chi connectivity index (χ2v) is 7.62. The minimum atomic E-state index is -1.12. The van der Waals surface area contributed by atoms with E-state index in [0.29, 0.717) is 25.9 Å². The van der Waals surface area contributed by atoms with Crippen molar-refractivity contribution in [3.8, 4) is 0 Å². The normalized spacial score (nSPS) is 39.1. The monoisotopic (exact) mass is 292 g/mol. The van der Waals surface area contributed by atoms with Gasteiger partial charge in [0, 0.05) is 31.6 Å². The van der Waals surface area contributed by atoms with Crippen molar-refractivity contribution in [3.63, 3.8) is 0 Å². The Bertz CT molecular complexity index is 534. The minimum Gasteiger partial charge on any atom is -0.339 e. The average Bonchev–Trinajstić information content (AvgIpc) is 2.71. The molecular weight excluding hydrogens is 268 g/mol. The summed E-state index contributed by atoms with van der Waals surface area (Å²) in [4.78, 5) is 42.2. The summed E-state index contributed by atoms with van der Waals surface area (Å²) >= 11 is 0. The van der Waals surface area contributed by atoms with Crippen molar-refractivity contribution in [3.05, 3.63) is 0 Å². The van der Waals surface area contributed by atoms with E-state index in [-0.39, 0.29) is 11.7 Å². The van der Waals surface area contributed by atoms with Crippen LogP contribution in [0.15, 0.2) is 0 Å². The lowest BCUT2D eigenvalue weighted by atomic mass is 9.64. The number of hydrogen-bond acceptors (Lipinski definition) is 4. The highest BCUT2D eigenvalue weighted by Gasteiger charge is 2.78. The molecule has 2 bridgehead atoms. The van der Waals surface area contributed by atoms with Crippen LogP contribution in [0.2, 0.25) is 0 Å². The van der Waals surface area contributed by atoms with E-state index in [9.17, 15) is 14.4 Å². The number of likely N-dealkylation sites (N-methyl/N-ethyl adjacent to an activating group) is 1. The molecule has 1 aliphatic heterocycles. The maximum absolute atomic E-state index is 13.1. The van der Waals surface area contributed by atoms with E-state index in [2.05, 4.69) is 4.90 Å². The molecule has 5 nitrogen and oxygen atoms in total. The maximum atomic E-state index is 13.1. The highest BCUT2D eigenvalue weighted by Crippen LogP contribution is 2.69. The quantitative estimate of drug-likeness (QED) is 0.528. The van der Waals surface area contributed by atoms with Crippen LogP contribution in [0.4, 0.5) is 0 Å². The van der Waals surface area contributed by atoms with Crippen LogP contribution in [0.5, 0.6) is 0 Å². The number of carbonyl (C=O) groups excluding carboxylic acids is 3. The summed E-state index contributed by atoms with van der Waals surface area (Å²) < 4.78 is 0. The van der Waals surface area contributed by atoms with E-state index in [4.69, 9.17) is 0 Å². The van der Waals surface area contributed by atoms with E-state index < -0.39 is 22.0 Å². The number of Topliss-reactive ketones (excluding diaryl/α,β-unsaturated/α-hetero) is 2. The van der Waals surface area contributed by atoms with Crippen LogP contribution >= 0.6 is 0 Å². The van der Waals surface area contributed by atoms with Crippen molar-refractivity contribution in [1.29, 1.82) is 0 Å². The first-order valence-electron chi connectivity index (χ1n) is 7.76. The minimum absolute atomic E-state index is 0.111. The third-order valence-electron chi connectivity index (χ3n) is 6.70. The van der Waals surface area contributed by atoms with E-state index in [1.165, 1.54) is 0 Å². The third kappa shape index (κ3) is 1.48. The van der Waals surface area contributed by atoms with Crippen LogP contribution in [-0.2, 0) is 14.4 Å². The fourth-order valence-corrected chi connectivity index (χ4v) is 4.52. The van der Waals surface area contributed by atoms with Gasteiger partial charge in [-0.2, -0.15) is 0 Å². The molecule has 0 spiro atoms. The Labute approximate surface area is 125 Å². The van der Waals surface area contributed by atoms with Crippen molar-refractivity contribution in [2.24, 2.45) is 16.2 Å². The Morgan fingerprint density at radius 1 is 0.952 bits per heavy atom. The summed E-state index contributed by atoms with van der Waals surface area (Å²) in [6.07, 6.45) is 1.16. The molecule has 0 aromatic rings. The Hall–Kier alpha value is -1.23. The average molecular weight is 292 g/mol. The molecule has 0 radical (unpaired) electrons. The van der Waals surface area contributed by atoms with Gasteiger partial charge in [-0.3, -0.25) is 14.4 Å². The summed E-state index contributed by atoms with van der Waals surface area (Å²) in [5, 5.41) is 0. The molecule has 1 amide bonds.